The zero-order valence-corrected chi connectivity index (χ0v) is 16.5. The molecule has 0 unspecified atom stereocenters. The average molecular weight is 393 g/mol. The van der Waals surface area contributed by atoms with Gasteiger partial charge >= 0.3 is 0 Å². The van der Waals surface area contributed by atoms with Gasteiger partial charge in [0, 0.05) is 17.3 Å². The van der Waals surface area contributed by atoms with Crippen LogP contribution in [-0.2, 0) is 9.84 Å². The second-order valence-electron chi connectivity index (χ2n) is 6.67. The second kappa shape index (κ2) is 6.98. The number of benzene rings is 2. The van der Waals surface area contributed by atoms with Crippen molar-refractivity contribution in [3.05, 3.63) is 63.7 Å². The molecule has 0 radical (unpaired) electrons. The molecule has 2 aromatic carbocycles. The summed E-state index contributed by atoms with van der Waals surface area (Å²) in [6.45, 7) is 3.89. The molecule has 0 aliphatic carbocycles. The Hall–Kier alpha value is -3.37. The van der Waals surface area contributed by atoms with E-state index in [2.05, 4.69) is 4.98 Å². The Morgan fingerprint density at radius 2 is 1.93 bits per heavy atom. The number of sulfone groups is 1. The summed E-state index contributed by atoms with van der Waals surface area (Å²) in [6, 6.07) is 12.5. The van der Waals surface area contributed by atoms with E-state index in [0.29, 0.717) is 16.6 Å². The maximum atomic E-state index is 11.8. The highest BCUT2D eigenvalue weighted by Gasteiger charge is 2.17. The zero-order chi connectivity index (χ0) is 20.6. The first kappa shape index (κ1) is 19.4. The molecule has 0 atom stereocenters. The van der Waals surface area contributed by atoms with Crippen LogP contribution < -0.4 is 5.73 Å². The third-order valence-electron chi connectivity index (χ3n) is 4.73. The van der Waals surface area contributed by atoms with Crippen LogP contribution in [0.4, 0.5) is 0 Å². The molecule has 1 amide bonds. The van der Waals surface area contributed by atoms with Crippen molar-refractivity contribution in [2.45, 2.75) is 13.8 Å². The fraction of sp³-hybridized carbons (Fsp3) is 0.143. The van der Waals surface area contributed by atoms with E-state index in [0.717, 1.165) is 34.0 Å². The van der Waals surface area contributed by atoms with Gasteiger partial charge in [0.05, 0.1) is 11.1 Å². The number of primary amides is 1. The normalized spacial score (nSPS) is 12.1. The number of aryl methyl sites for hydroxylation is 2. The number of rotatable bonds is 4. The van der Waals surface area contributed by atoms with Gasteiger partial charge in [-0.05, 0) is 54.3 Å². The Morgan fingerprint density at radius 1 is 1.21 bits per heavy atom. The van der Waals surface area contributed by atoms with Gasteiger partial charge < -0.3 is 10.7 Å². The molecular weight excluding hydrogens is 374 g/mol. The number of nitrogens with zero attached hydrogens (tertiary/aromatic N) is 1. The highest BCUT2D eigenvalue weighted by molar-refractivity contribution is 7.95. The summed E-state index contributed by atoms with van der Waals surface area (Å²) in [6.07, 6.45) is 2.35. The predicted molar refractivity (Wildman–Crippen MR) is 110 cm³/mol. The fourth-order valence-electron chi connectivity index (χ4n) is 3.21. The fourth-order valence-corrected chi connectivity index (χ4v) is 3.72. The van der Waals surface area contributed by atoms with E-state index >= 15 is 0 Å². The van der Waals surface area contributed by atoms with Gasteiger partial charge in [-0.3, -0.25) is 4.79 Å². The monoisotopic (exact) mass is 393 g/mol. The zero-order valence-electron chi connectivity index (χ0n) is 15.7. The van der Waals surface area contributed by atoms with Crippen molar-refractivity contribution in [3.8, 4) is 17.2 Å². The minimum absolute atomic E-state index is 0.299. The van der Waals surface area contributed by atoms with E-state index in [1.54, 1.807) is 24.3 Å². The third-order valence-corrected chi connectivity index (χ3v) is 5.73. The molecule has 0 aliphatic rings. The molecule has 3 aromatic rings. The first-order valence-electron chi connectivity index (χ1n) is 8.47. The van der Waals surface area contributed by atoms with Crippen LogP contribution in [0.15, 0.2) is 41.3 Å². The van der Waals surface area contributed by atoms with Gasteiger partial charge in [-0.1, -0.05) is 24.3 Å². The van der Waals surface area contributed by atoms with Crippen molar-refractivity contribution in [3.63, 3.8) is 0 Å². The van der Waals surface area contributed by atoms with Crippen LogP contribution in [0.3, 0.4) is 0 Å². The number of nitriles is 1. The Bertz CT molecular complexity index is 1290. The smallest absolute Gasteiger partial charge is 0.250 e. The number of aromatic amines is 1. The third kappa shape index (κ3) is 3.42. The molecule has 0 spiro atoms. The quantitative estimate of drug-likeness (QED) is 0.660. The van der Waals surface area contributed by atoms with Crippen LogP contribution in [0.25, 0.3) is 28.1 Å². The number of hydrogen-bond donors (Lipinski definition) is 2. The number of amides is 1. The van der Waals surface area contributed by atoms with Crippen molar-refractivity contribution in [2.75, 3.05) is 6.26 Å². The molecule has 3 rings (SSSR count). The van der Waals surface area contributed by atoms with Crippen LogP contribution >= 0.6 is 0 Å². The SMILES string of the molecule is Cc1[nH]c2c(C(N)=O)ccc(-c3cccc(C=C(C#N)S(C)(=O)=O)c3)c2c1C. The number of carbonyl (C=O) groups is 1. The lowest BCUT2D eigenvalue weighted by atomic mass is 9.95. The van der Waals surface area contributed by atoms with E-state index in [1.165, 1.54) is 6.08 Å². The Labute approximate surface area is 163 Å². The van der Waals surface area contributed by atoms with Crippen LogP contribution in [-0.4, -0.2) is 25.6 Å². The number of carbonyl (C=O) groups excluding carboxylic acids is 1. The number of allylic oxidation sites excluding steroid dienone is 1. The van der Waals surface area contributed by atoms with Crippen molar-refractivity contribution in [2.24, 2.45) is 5.73 Å². The van der Waals surface area contributed by atoms with Crippen LogP contribution in [0.2, 0.25) is 0 Å². The van der Waals surface area contributed by atoms with Crippen molar-refractivity contribution in [1.82, 2.24) is 4.98 Å². The summed E-state index contributed by atoms with van der Waals surface area (Å²) in [5.74, 6) is -0.513. The largest absolute Gasteiger partial charge is 0.366 e. The van der Waals surface area contributed by atoms with E-state index < -0.39 is 15.7 Å². The number of aromatic nitrogens is 1. The molecule has 0 fully saturated rings. The molecule has 7 heteroatoms. The maximum absolute atomic E-state index is 11.8. The van der Waals surface area contributed by atoms with Gasteiger partial charge in [-0.2, -0.15) is 5.26 Å². The first-order valence-corrected chi connectivity index (χ1v) is 10.4. The summed E-state index contributed by atoms with van der Waals surface area (Å²) in [5, 5.41) is 10.0. The molecule has 3 N–H and O–H groups in total. The van der Waals surface area contributed by atoms with Gasteiger partial charge in [0.2, 0.25) is 0 Å². The highest BCUT2D eigenvalue weighted by atomic mass is 32.2. The molecule has 1 heterocycles. The van der Waals surface area contributed by atoms with E-state index in [1.807, 2.05) is 32.0 Å². The summed E-state index contributed by atoms with van der Waals surface area (Å²) in [4.78, 5) is 14.7. The van der Waals surface area contributed by atoms with Crippen molar-refractivity contribution < 1.29 is 13.2 Å². The summed E-state index contributed by atoms with van der Waals surface area (Å²) in [5.41, 5.74) is 10.8. The van der Waals surface area contributed by atoms with E-state index in [4.69, 9.17) is 11.0 Å². The molecule has 0 saturated heterocycles. The van der Waals surface area contributed by atoms with E-state index in [-0.39, 0.29) is 4.91 Å². The molecule has 6 nitrogen and oxygen atoms in total. The number of nitrogens with two attached hydrogens (primary N) is 1. The van der Waals surface area contributed by atoms with E-state index in [9.17, 15) is 13.2 Å². The molecule has 0 aliphatic heterocycles. The van der Waals surface area contributed by atoms with Gasteiger partial charge in [-0.25, -0.2) is 8.42 Å². The van der Waals surface area contributed by atoms with Gasteiger partial charge in [0.1, 0.15) is 11.0 Å². The standard InChI is InChI=1S/C21H19N3O3S/c1-12-13(2)24-20-18(21(23)25)8-7-17(19(12)20)15-6-4-5-14(9-15)10-16(11-22)28(3,26)27/h4-10,24H,1-3H3,(H2,23,25). The van der Waals surface area contributed by atoms with Gasteiger partial charge in [-0.15, -0.1) is 0 Å². The number of nitrogens with one attached hydrogen (secondary N) is 1. The number of fused-ring (bicyclic) bond motifs is 1. The summed E-state index contributed by atoms with van der Waals surface area (Å²) >= 11 is 0. The minimum atomic E-state index is -3.60. The number of H-pyrrole nitrogens is 1. The molecule has 1 aromatic heterocycles. The molecule has 0 bridgehead atoms. The lowest BCUT2D eigenvalue weighted by molar-refractivity contribution is 0.100. The predicted octanol–water partition coefficient (Wildman–Crippen LogP) is 3.46. The van der Waals surface area contributed by atoms with Crippen LogP contribution in [0.1, 0.15) is 27.2 Å². The highest BCUT2D eigenvalue weighted by Crippen LogP contribution is 2.35. The lowest BCUT2D eigenvalue weighted by Gasteiger charge is -2.09. The maximum Gasteiger partial charge on any atom is 0.250 e. The molecule has 142 valence electrons. The first-order chi connectivity index (χ1) is 13.1. The van der Waals surface area contributed by atoms with Crippen LogP contribution in [0, 0.1) is 25.2 Å². The topological polar surface area (TPSA) is 117 Å². The van der Waals surface area contributed by atoms with Crippen LogP contribution in [0.5, 0.6) is 0 Å². The Balaban J connectivity index is 2.25. The second-order valence-corrected chi connectivity index (χ2v) is 8.65. The number of hydrogen-bond acceptors (Lipinski definition) is 4. The Kier molecular flexibility index (Phi) is 4.84. The summed E-state index contributed by atoms with van der Waals surface area (Å²) in [7, 11) is -3.60. The minimum Gasteiger partial charge on any atom is -0.366 e. The van der Waals surface area contributed by atoms with Crippen molar-refractivity contribution >= 4 is 32.7 Å². The van der Waals surface area contributed by atoms with Gasteiger partial charge in [0.15, 0.2) is 9.84 Å². The summed E-state index contributed by atoms with van der Waals surface area (Å²) < 4.78 is 23.4. The Morgan fingerprint density at radius 3 is 2.54 bits per heavy atom. The molecule has 28 heavy (non-hydrogen) atoms. The lowest BCUT2D eigenvalue weighted by Crippen LogP contribution is -2.11. The molecular formula is C21H19N3O3S. The average Bonchev–Trinajstić information content (AvgIpc) is 2.93. The molecule has 0 saturated carbocycles. The van der Waals surface area contributed by atoms with Crippen molar-refractivity contribution in [1.29, 1.82) is 5.26 Å². The van der Waals surface area contributed by atoms with Gasteiger partial charge in [0.25, 0.3) is 5.91 Å².